The number of aryl methyl sites for hydroxylation is 1. The van der Waals surface area contributed by atoms with E-state index < -0.39 is 0 Å². The topological polar surface area (TPSA) is 60.7 Å². The van der Waals surface area contributed by atoms with Gasteiger partial charge in [-0.05, 0) is 24.6 Å². The van der Waals surface area contributed by atoms with E-state index >= 15 is 0 Å². The Bertz CT molecular complexity index is 748. The predicted octanol–water partition coefficient (Wildman–Crippen LogP) is 2.44. The zero-order valence-electron chi connectivity index (χ0n) is 10.8. The van der Waals surface area contributed by atoms with E-state index in [1.54, 1.807) is 4.52 Å². The summed E-state index contributed by atoms with van der Waals surface area (Å²) in [6, 6.07) is 5.93. The van der Waals surface area contributed by atoms with E-state index in [1.165, 1.54) is 11.3 Å². The lowest BCUT2D eigenvalue weighted by molar-refractivity contribution is 0.174. The lowest BCUT2D eigenvalue weighted by Crippen LogP contribution is -1.99. The van der Waals surface area contributed by atoms with Crippen molar-refractivity contribution in [3.05, 3.63) is 35.7 Å². The fourth-order valence-corrected chi connectivity index (χ4v) is 2.93. The molecule has 6 nitrogen and oxygen atoms in total. The Balaban J connectivity index is 1.50. The maximum atomic E-state index is 5.36. The number of nitrogens with one attached hydrogen (secondary N) is 1. The van der Waals surface area contributed by atoms with Gasteiger partial charge in [-0.15, -0.1) is 5.10 Å². The molecular formula is C13H12N4O2S. The monoisotopic (exact) mass is 288 g/mol. The van der Waals surface area contributed by atoms with E-state index in [0.29, 0.717) is 13.3 Å². The van der Waals surface area contributed by atoms with Crippen molar-refractivity contribution in [2.75, 3.05) is 12.1 Å². The second kappa shape index (κ2) is 4.38. The van der Waals surface area contributed by atoms with Crippen LogP contribution in [-0.4, -0.2) is 21.4 Å². The van der Waals surface area contributed by atoms with Gasteiger partial charge in [0.2, 0.25) is 16.9 Å². The molecule has 3 heterocycles. The summed E-state index contributed by atoms with van der Waals surface area (Å²) in [7, 11) is 0. The number of ether oxygens (including phenoxy) is 2. The first-order chi connectivity index (χ1) is 9.78. The van der Waals surface area contributed by atoms with Crippen molar-refractivity contribution in [3.8, 4) is 11.5 Å². The third-order valence-electron chi connectivity index (χ3n) is 3.04. The Morgan fingerprint density at radius 2 is 2.25 bits per heavy atom. The van der Waals surface area contributed by atoms with Crippen molar-refractivity contribution in [3.63, 3.8) is 0 Å². The maximum absolute atomic E-state index is 5.36. The summed E-state index contributed by atoms with van der Waals surface area (Å²) in [6.07, 6.45) is 1.91. The first-order valence-electron chi connectivity index (χ1n) is 6.23. The molecule has 1 aromatic carbocycles. The molecule has 0 aliphatic carbocycles. The molecule has 1 aliphatic rings. The van der Waals surface area contributed by atoms with Crippen molar-refractivity contribution in [1.82, 2.24) is 14.6 Å². The van der Waals surface area contributed by atoms with Gasteiger partial charge in [0.05, 0.1) is 11.9 Å². The van der Waals surface area contributed by atoms with Crippen LogP contribution in [-0.2, 0) is 6.54 Å². The van der Waals surface area contributed by atoms with Gasteiger partial charge in [-0.25, -0.2) is 9.50 Å². The second-order valence-corrected chi connectivity index (χ2v) is 5.51. The fraction of sp³-hybridized carbons (Fsp3) is 0.231. The Morgan fingerprint density at radius 1 is 1.35 bits per heavy atom. The van der Waals surface area contributed by atoms with E-state index in [-0.39, 0.29) is 0 Å². The molecule has 7 heteroatoms. The highest BCUT2D eigenvalue weighted by atomic mass is 32.1. The number of nitrogens with zero attached hydrogens (tertiary/aromatic N) is 3. The fourth-order valence-electron chi connectivity index (χ4n) is 2.11. The van der Waals surface area contributed by atoms with Crippen LogP contribution in [0.2, 0.25) is 0 Å². The van der Waals surface area contributed by atoms with Crippen molar-refractivity contribution >= 4 is 21.4 Å². The largest absolute Gasteiger partial charge is 0.454 e. The van der Waals surface area contributed by atoms with Crippen LogP contribution >= 0.6 is 11.3 Å². The highest BCUT2D eigenvalue weighted by Crippen LogP contribution is 2.32. The summed E-state index contributed by atoms with van der Waals surface area (Å²) in [5.74, 6) is 1.60. The predicted molar refractivity (Wildman–Crippen MR) is 75.5 cm³/mol. The lowest BCUT2D eigenvalue weighted by Gasteiger charge is -2.03. The van der Waals surface area contributed by atoms with Crippen LogP contribution in [0.15, 0.2) is 24.4 Å². The summed E-state index contributed by atoms with van der Waals surface area (Å²) in [4.78, 5) is 5.28. The van der Waals surface area contributed by atoms with E-state index in [2.05, 4.69) is 15.4 Å². The van der Waals surface area contributed by atoms with Gasteiger partial charge in [-0.3, -0.25) is 0 Å². The summed E-state index contributed by atoms with van der Waals surface area (Å²) < 4.78 is 12.4. The number of anilines is 1. The van der Waals surface area contributed by atoms with Crippen LogP contribution in [0.3, 0.4) is 0 Å². The van der Waals surface area contributed by atoms with Gasteiger partial charge in [0.25, 0.3) is 0 Å². The number of aromatic nitrogens is 3. The molecule has 0 atom stereocenters. The van der Waals surface area contributed by atoms with Gasteiger partial charge >= 0.3 is 0 Å². The van der Waals surface area contributed by atoms with E-state index in [4.69, 9.17) is 9.47 Å². The van der Waals surface area contributed by atoms with Crippen molar-refractivity contribution in [1.29, 1.82) is 0 Å². The Hall–Kier alpha value is -2.28. The average Bonchev–Trinajstić information content (AvgIpc) is 3.09. The van der Waals surface area contributed by atoms with Gasteiger partial charge in [0.15, 0.2) is 11.5 Å². The van der Waals surface area contributed by atoms with Crippen LogP contribution in [0.4, 0.5) is 5.13 Å². The third-order valence-corrected chi connectivity index (χ3v) is 3.92. The summed E-state index contributed by atoms with van der Waals surface area (Å²) in [6.45, 7) is 2.95. The lowest BCUT2D eigenvalue weighted by atomic mass is 10.2. The minimum absolute atomic E-state index is 0.301. The van der Waals surface area contributed by atoms with Gasteiger partial charge in [0, 0.05) is 6.54 Å². The first-order valence-corrected chi connectivity index (χ1v) is 7.05. The summed E-state index contributed by atoms with van der Waals surface area (Å²) >= 11 is 1.54. The number of fused-ring (bicyclic) bond motifs is 2. The molecule has 4 rings (SSSR count). The molecule has 0 amide bonds. The molecule has 0 spiro atoms. The molecule has 1 aliphatic heterocycles. The zero-order valence-corrected chi connectivity index (χ0v) is 11.6. The molecule has 2 aromatic heterocycles. The molecule has 0 radical (unpaired) electrons. The Morgan fingerprint density at radius 3 is 3.15 bits per heavy atom. The summed E-state index contributed by atoms with van der Waals surface area (Å²) in [5, 5.41) is 8.58. The molecule has 102 valence electrons. The number of rotatable bonds is 3. The smallest absolute Gasteiger partial charge is 0.231 e. The second-order valence-electron chi connectivity index (χ2n) is 4.56. The van der Waals surface area contributed by atoms with Gasteiger partial charge in [0.1, 0.15) is 0 Å². The standard InChI is InChI=1S/C13H12N4O2S/c1-8-6-17-13(15-8)20-12(16-17)14-5-9-2-3-10-11(4-9)19-7-18-10/h2-4,6H,5,7H2,1H3,(H,14,16). The van der Waals surface area contributed by atoms with Crippen molar-refractivity contribution in [2.24, 2.45) is 0 Å². The van der Waals surface area contributed by atoms with Crippen LogP contribution < -0.4 is 14.8 Å². The molecule has 0 bridgehead atoms. The van der Waals surface area contributed by atoms with E-state index in [0.717, 1.165) is 32.8 Å². The number of imidazole rings is 1. The average molecular weight is 288 g/mol. The number of benzene rings is 1. The van der Waals surface area contributed by atoms with Crippen molar-refractivity contribution < 1.29 is 9.47 Å². The van der Waals surface area contributed by atoms with Gasteiger partial charge in [-0.2, -0.15) is 0 Å². The molecular weight excluding hydrogens is 276 g/mol. The minimum atomic E-state index is 0.301. The normalized spacial score (nSPS) is 13.1. The first kappa shape index (κ1) is 11.5. The molecule has 1 N–H and O–H groups in total. The number of hydrogen-bond donors (Lipinski definition) is 1. The van der Waals surface area contributed by atoms with Crippen LogP contribution in [0.1, 0.15) is 11.3 Å². The van der Waals surface area contributed by atoms with E-state index in [9.17, 15) is 0 Å². The zero-order chi connectivity index (χ0) is 13.5. The highest BCUT2D eigenvalue weighted by molar-refractivity contribution is 7.20. The minimum Gasteiger partial charge on any atom is -0.454 e. The Kier molecular flexibility index (Phi) is 2.53. The van der Waals surface area contributed by atoms with Crippen LogP contribution in [0.5, 0.6) is 11.5 Å². The van der Waals surface area contributed by atoms with Crippen LogP contribution in [0.25, 0.3) is 4.96 Å². The SMILES string of the molecule is Cc1cn2nc(NCc3ccc4c(c3)OCO4)sc2n1. The van der Waals surface area contributed by atoms with Gasteiger partial charge < -0.3 is 14.8 Å². The molecule has 20 heavy (non-hydrogen) atoms. The molecule has 3 aromatic rings. The maximum Gasteiger partial charge on any atom is 0.231 e. The van der Waals surface area contributed by atoms with E-state index in [1.807, 2.05) is 31.3 Å². The highest BCUT2D eigenvalue weighted by Gasteiger charge is 2.13. The van der Waals surface area contributed by atoms with Gasteiger partial charge in [-0.1, -0.05) is 17.4 Å². The molecule has 0 fully saturated rings. The molecule has 0 unspecified atom stereocenters. The number of hydrogen-bond acceptors (Lipinski definition) is 6. The summed E-state index contributed by atoms with van der Waals surface area (Å²) in [5.41, 5.74) is 2.10. The Labute approximate surface area is 119 Å². The molecule has 0 saturated carbocycles. The van der Waals surface area contributed by atoms with Crippen molar-refractivity contribution in [2.45, 2.75) is 13.5 Å². The van der Waals surface area contributed by atoms with Crippen LogP contribution in [0, 0.1) is 6.92 Å². The quantitative estimate of drug-likeness (QED) is 0.802. The third kappa shape index (κ3) is 1.96. The molecule has 0 saturated heterocycles.